The van der Waals surface area contributed by atoms with E-state index in [1.807, 2.05) is 6.92 Å². The van der Waals surface area contributed by atoms with Gasteiger partial charge in [0.1, 0.15) is 17.7 Å². The van der Waals surface area contributed by atoms with Crippen LogP contribution in [-0.4, -0.2) is 66.5 Å². The molecule has 2 N–H and O–H groups in total. The Bertz CT molecular complexity index is 698. The first-order valence-corrected chi connectivity index (χ1v) is 8.77. The number of likely N-dealkylation sites (N-methyl/N-ethyl adjacent to an activating group) is 1. The molecule has 0 aromatic heterocycles. The first-order valence-electron chi connectivity index (χ1n) is 8.77. The number of hydrogen-bond acceptors (Lipinski definition) is 5. The molecule has 3 aliphatic rings. The molecular formula is C18H24F2N4O. The summed E-state index contributed by atoms with van der Waals surface area (Å²) in [5, 5.41) is 0. The van der Waals surface area contributed by atoms with E-state index in [1.54, 1.807) is 0 Å². The van der Waals surface area contributed by atoms with E-state index in [4.69, 9.17) is 15.5 Å². The number of hydrogen-bond donors (Lipinski definition) is 1. The molecule has 7 heteroatoms. The molecule has 136 valence electrons. The number of nitrogens with zero attached hydrogens (tertiary/aromatic N) is 3. The Hall–Kier alpha value is -1.57. The number of likely N-dealkylation sites (tertiary alicyclic amines) is 1. The Morgan fingerprint density at radius 3 is 2.80 bits per heavy atom. The highest BCUT2D eigenvalue weighted by atomic mass is 19.1. The van der Waals surface area contributed by atoms with Crippen molar-refractivity contribution in [3.63, 3.8) is 0 Å². The smallest absolute Gasteiger partial charge is 0.129 e. The fourth-order valence-electron chi connectivity index (χ4n) is 4.33. The maximum atomic E-state index is 14.0. The van der Waals surface area contributed by atoms with Crippen LogP contribution >= 0.6 is 0 Å². The molecule has 3 aliphatic heterocycles. The van der Waals surface area contributed by atoms with Crippen LogP contribution in [0.15, 0.2) is 23.2 Å². The van der Waals surface area contributed by atoms with E-state index in [9.17, 15) is 8.78 Å². The summed E-state index contributed by atoms with van der Waals surface area (Å²) in [5.74, 6) is 0.147. The average molecular weight is 350 g/mol. The molecule has 0 aliphatic carbocycles. The predicted molar refractivity (Wildman–Crippen MR) is 91.5 cm³/mol. The largest absolute Gasteiger partial charge is 0.370 e. The third-order valence-corrected chi connectivity index (χ3v) is 5.83. The van der Waals surface area contributed by atoms with Gasteiger partial charge in [-0.2, -0.15) is 0 Å². The third kappa shape index (κ3) is 2.94. The highest BCUT2D eigenvalue weighted by Crippen LogP contribution is 2.34. The molecule has 0 amide bonds. The normalized spacial score (nSPS) is 35.8. The second-order valence-corrected chi connectivity index (χ2v) is 7.35. The minimum Gasteiger partial charge on any atom is -0.370 e. The zero-order chi connectivity index (χ0) is 17.7. The van der Waals surface area contributed by atoms with Crippen LogP contribution in [0, 0.1) is 11.6 Å². The van der Waals surface area contributed by atoms with Crippen molar-refractivity contribution in [2.75, 3.05) is 26.7 Å². The Morgan fingerprint density at radius 1 is 1.28 bits per heavy atom. The lowest BCUT2D eigenvalue weighted by atomic mass is 9.93. The van der Waals surface area contributed by atoms with Gasteiger partial charge >= 0.3 is 0 Å². The predicted octanol–water partition coefficient (Wildman–Crippen LogP) is 1.54. The SMILES string of the molecule is CC1=NC2CN(C3CO[C@H](c4cc(F)ccc4F)C(N)C3)CC2N1C. The Kier molecular flexibility index (Phi) is 4.25. The Balaban J connectivity index is 1.43. The van der Waals surface area contributed by atoms with Crippen molar-refractivity contribution >= 4 is 5.84 Å². The van der Waals surface area contributed by atoms with Crippen LogP contribution in [0.1, 0.15) is 25.0 Å². The second kappa shape index (κ2) is 6.30. The molecule has 2 fully saturated rings. The minimum absolute atomic E-state index is 0.192. The van der Waals surface area contributed by atoms with Crippen LogP contribution in [0.4, 0.5) is 8.78 Å². The van der Waals surface area contributed by atoms with Gasteiger partial charge in [-0.25, -0.2) is 8.78 Å². The molecule has 4 rings (SSSR count). The molecule has 5 nitrogen and oxygen atoms in total. The van der Waals surface area contributed by atoms with Crippen molar-refractivity contribution in [3.05, 3.63) is 35.4 Å². The van der Waals surface area contributed by atoms with E-state index in [-0.39, 0.29) is 17.6 Å². The number of amidine groups is 1. The summed E-state index contributed by atoms with van der Waals surface area (Å²) in [4.78, 5) is 9.33. The first-order chi connectivity index (χ1) is 11.9. The number of rotatable bonds is 2. The van der Waals surface area contributed by atoms with Gasteiger partial charge in [0.2, 0.25) is 0 Å². The summed E-state index contributed by atoms with van der Waals surface area (Å²) in [6.45, 7) is 4.34. The summed E-state index contributed by atoms with van der Waals surface area (Å²) in [6, 6.07) is 3.97. The summed E-state index contributed by atoms with van der Waals surface area (Å²) in [7, 11) is 2.08. The Labute approximate surface area is 146 Å². The lowest BCUT2D eigenvalue weighted by molar-refractivity contribution is -0.0479. The first kappa shape index (κ1) is 16.9. The summed E-state index contributed by atoms with van der Waals surface area (Å²) < 4.78 is 33.4. The van der Waals surface area contributed by atoms with Crippen molar-refractivity contribution in [3.8, 4) is 0 Å². The van der Waals surface area contributed by atoms with Crippen LogP contribution in [0.25, 0.3) is 0 Å². The maximum Gasteiger partial charge on any atom is 0.129 e. The molecule has 25 heavy (non-hydrogen) atoms. The van der Waals surface area contributed by atoms with E-state index < -0.39 is 17.7 Å². The van der Waals surface area contributed by atoms with Gasteiger partial charge in [0.05, 0.1) is 24.5 Å². The quantitative estimate of drug-likeness (QED) is 0.879. The van der Waals surface area contributed by atoms with Gasteiger partial charge < -0.3 is 15.4 Å². The molecule has 5 atom stereocenters. The maximum absolute atomic E-state index is 14.0. The number of fused-ring (bicyclic) bond motifs is 1. The molecule has 3 heterocycles. The van der Waals surface area contributed by atoms with E-state index in [2.05, 4.69) is 16.8 Å². The number of nitrogens with two attached hydrogens (primary N) is 1. The van der Waals surface area contributed by atoms with E-state index >= 15 is 0 Å². The van der Waals surface area contributed by atoms with E-state index in [0.717, 1.165) is 31.1 Å². The standard InChI is InChI=1S/C18H24F2N4O/c1-10-22-16-7-24(8-17(16)23(10)2)12-6-15(21)18(25-9-12)13-5-11(19)3-4-14(13)20/h3-5,12,15-18H,6-9,21H2,1-2H3/t12?,15?,16?,17?,18-/m1/s1. The highest BCUT2D eigenvalue weighted by Gasteiger charge is 2.44. The number of benzene rings is 1. The molecular weight excluding hydrogens is 326 g/mol. The van der Waals surface area contributed by atoms with Crippen molar-refractivity contribution in [1.82, 2.24) is 9.80 Å². The number of aliphatic imine (C=N–C) groups is 1. The molecule has 0 bridgehead atoms. The fourth-order valence-corrected chi connectivity index (χ4v) is 4.33. The van der Waals surface area contributed by atoms with Gasteiger partial charge in [-0.3, -0.25) is 9.89 Å². The van der Waals surface area contributed by atoms with Crippen molar-refractivity contribution in [2.24, 2.45) is 10.7 Å². The lowest BCUT2D eigenvalue weighted by Crippen LogP contribution is -2.49. The van der Waals surface area contributed by atoms with E-state index in [0.29, 0.717) is 25.1 Å². The molecule has 0 saturated carbocycles. The lowest BCUT2D eigenvalue weighted by Gasteiger charge is -2.39. The Morgan fingerprint density at radius 2 is 2.08 bits per heavy atom. The van der Waals surface area contributed by atoms with Gasteiger partial charge in [0.15, 0.2) is 0 Å². The van der Waals surface area contributed by atoms with Gasteiger partial charge in [-0.05, 0) is 31.5 Å². The summed E-state index contributed by atoms with van der Waals surface area (Å²) >= 11 is 0. The van der Waals surface area contributed by atoms with Gasteiger partial charge in [-0.15, -0.1) is 0 Å². The molecule has 1 aromatic rings. The van der Waals surface area contributed by atoms with Crippen LogP contribution in [-0.2, 0) is 4.74 Å². The highest BCUT2D eigenvalue weighted by molar-refractivity contribution is 5.82. The minimum atomic E-state index is -0.600. The number of ether oxygens (including phenoxy) is 1. The molecule has 1 aromatic carbocycles. The third-order valence-electron chi connectivity index (χ3n) is 5.83. The van der Waals surface area contributed by atoms with Crippen molar-refractivity contribution in [1.29, 1.82) is 0 Å². The summed E-state index contributed by atoms with van der Waals surface area (Å²) in [6.07, 6.45) is 0.101. The molecule has 2 saturated heterocycles. The second-order valence-electron chi connectivity index (χ2n) is 7.35. The van der Waals surface area contributed by atoms with Gasteiger partial charge in [-0.1, -0.05) is 0 Å². The van der Waals surface area contributed by atoms with Crippen LogP contribution in [0.3, 0.4) is 0 Å². The molecule has 0 spiro atoms. The van der Waals surface area contributed by atoms with Gasteiger partial charge in [0, 0.05) is 37.8 Å². The van der Waals surface area contributed by atoms with E-state index in [1.165, 1.54) is 6.07 Å². The fraction of sp³-hybridized carbons (Fsp3) is 0.611. The van der Waals surface area contributed by atoms with Crippen LogP contribution < -0.4 is 5.73 Å². The van der Waals surface area contributed by atoms with Crippen LogP contribution in [0.5, 0.6) is 0 Å². The topological polar surface area (TPSA) is 54.1 Å². The van der Waals surface area contributed by atoms with Crippen molar-refractivity contribution < 1.29 is 13.5 Å². The van der Waals surface area contributed by atoms with Crippen LogP contribution in [0.2, 0.25) is 0 Å². The average Bonchev–Trinajstić information content (AvgIpc) is 3.10. The molecule has 0 radical (unpaired) electrons. The van der Waals surface area contributed by atoms with Gasteiger partial charge in [0.25, 0.3) is 0 Å². The molecule has 4 unspecified atom stereocenters. The van der Waals surface area contributed by atoms with Crippen molar-refractivity contribution in [2.45, 2.75) is 43.6 Å². The number of halogens is 2. The summed E-state index contributed by atoms with van der Waals surface area (Å²) in [5.41, 5.74) is 6.49. The zero-order valence-electron chi connectivity index (χ0n) is 14.5. The monoisotopic (exact) mass is 350 g/mol. The zero-order valence-corrected chi connectivity index (χ0v) is 14.5.